The Morgan fingerprint density at radius 2 is 2.12 bits per heavy atom. The molecular weight excluding hydrogens is 228 g/mol. The van der Waals surface area contributed by atoms with Crippen molar-refractivity contribution in [2.45, 2.75) is 43.5 Å². The molecule has 1 aliphatic carbocycles. The van der Waals surface area contributed by atoms with Crippen LogP contribution in [0.5, 0.6) is 0 Å². The molecule has 0 saturated heterocycles. The molecule has 4 N–H and O–H groups in total. The van der Waals surface area contributed by atoms with E-state index in [4.69, 9.17) is 10.8 Å². The van der Waals surface area contributed by atoms with Gasteiger partial charge in [0, 0.05) is 10.8 Å². The Labute approximate surface area is 99.1 Å². The van der Waals surface area contributed by atoms with Gasteiger partial charge in [0.1, 0.15) is 6.04 Å². The van der Waals surface area contributed by atoms with Gasteiger partial charge in [-0.05, 0) is 26.7 Å². The molecule has 1 aliphatic rings. The van der Waals surface area contributed by atoms with Gasteiger partial charge in [0.25, 0.3) is 0 Å². The first-order valence-electron chi connectivity index (χ1n) is 5.24. The standard InChI is InChI=1S/C10H18N2O3S/c1-10(2,8(11)9(14)15)16-5-7(13)12-6-3-4-6/h6,8H,3-5,11H2,1-2H3,(H,12,13)(H,14,15)/t8-/m0/s1. The Balaban J connectivity index is 2.33. The molecule has 0 aromatic carbocycles. The van der Waals surface area contributed by atoms with Crippen molar-refractivity contribution in [3.05, 3.63) is 0 Å². The van der Waals surface area contributed by atoms with E-state index in [1.54, 1.807) is 13.8 Å². The average molecular weight is 246 g/mol. The Bertz CT molecular complexity index is 290. The summed E-state index contributed by atoms with van der Waals surface area (Å²) >= 11 is 1.28. The second kappa shape index (κ2) is 5.05. The summed E-state index contributed by atoms with van der Waals surface area (Å²) in [4.78, 5) is 22.2. The lowest BCUT2D eigenvalue weighted by Crippen LogP contribution is -2.47. The predicted molar refractivity (Wildman–Crippen MR) is 63.3 cm³/mol. The minimum Gasteiger partial charge on any atom is -0.480 e. The predicted octanol–water partition coefficient (Wildman–Crippen LogP) is 0.189. The third-order valence-electron chi connectivity index (χ3n) is 2.53. The largest absolute Gasteiger partial charge is 0.480 e. The van der Waals surface area contributed by atoms with Gasteiger partial charge in [-0.2, -0.15) is 0 Å². The highest BCUT2D eigenvalue weighted by Crippen LogP contribution is 2.27. The normalized spacial score (nSPS) is 17.9. The molecule has 0 aromatic rings. The van der Waals surface area contributed by atoms with Gasteiger partial charge in [-0.25, -0.2) is 0 Å². The van der Waals surface area contributed by atoms with E-state index >= 15 is 0 Å². The molecule has 1 amide bonds. The lowest BCUT2D eigenvalue weighted by molar-refractivity contribution is -0.139. The van der Waals surface area contributed by atoms with Crippen LogP contribution in [0, 0.1) is 0 Å². The lowest BCUT2D eigenvalue weighted by Gasteiger charge is -2.27. The fourth-order valence-corrected chi connectivity index (χ4v) is 2.00. The molecule has 0 aliphatic heterocycles. The van der Waals surface area contributed by atoms with E-state index in [2.05, 4.69) is 5.32 Å². The molecule has 92 valence electrons. The molecule has 5 nitrogen and oxygen atoms in total. The molecule has 16 heavy (non-hydrogen) atoms. The zero-order valence-corrected chi connectivity index (χ0v) is 10.3. The first-order chi connectivity index (χ1) is 7.33. The average Bonchev–Trinajstić information content (AvgIpc) is 2.97. The smallest absolute Gasteiger partial charge is 0.321 e. The number of amides is 1. The summed E-state index contributed by atoms with van der Waals surface area (Å²) in [6.45, 7) is 3.47. The van der Waals surface area contributed by atoms with Crippen LogP contribution >= 0.6 is 11.8 Å². The van der Waals surface area contributed by atoms with Crippen LogP contribution in [0.1, 0.15) is 26.7 Å². The summed E-state index contributed by atoms with van der Waals surface area (Å²) < 4.78 is -0.646. The molecule has 0 spiro atoms. The number of rotatable bonds is 6. The lowest BCUT2D eigenvalue weighted by atomic mass is 10.1. The summed E-state index contributed by atoms with van der Waals surface area (Å²) in [6, 6.07) is -0.629. The van der Waals surface area contributed by atoms with E-state index in [9.17, 15) is 9.59 Å². The van der Waals surface area contributed by atoms with Crippen molar-refractivity contribution in [1.82, 2.24) is 5.32 Å². The molecular formula is C10H18N2O3S. The fourth-order valence-electron chi connectivity index (χ4n) is 1.14. The van der Waals surface area contributed by atoms with Crippen molar-refractivity contribution in [1.29, 1.82) is 0 Å². The first-order valence-corrected chi connectivity index (χ1v) is 6.23. The highest BCUT2D eigenvalue weighted by atomic mass is 32.2. The third kappa shape index (κ3) is 4.02. The van der Waals surface area contributed by atoms with E-state index in [0.29, 0.717) is 6.04 Å². The zero-order valence-electron chi connectivity index (χ0n) is 9.53. The molecule has 1 rings (SSSR count). The maximum absolute atomic E-state index is 11.4. The number of carboxylic acid groups (broad SMARTS) is 1. The van der Waals surface area contributed by atoms with Crippen molar-refractivity contribution >= 4 is 23.6 Å². The van der Waals surface area contributed by atoms with Gasteiger partial charge >= 0.3 is 5.97 Å². The van der Waals surface area contributed by atoms with Crippen molar-refractivity contribution in [2.75, 3.05) is 5.75 Å². The van der Waals surface area contributed by atoms with Gasteiger partial charge < -0.3 is 16.2 Å². The highest BCUT2D eigenvalue weighted by Gasteiger charge is 2.33. The van der Waals surface area contributed by atoms with Crippen molar-refractivity contribution < 1.29 is 14.7 Å². The SMILES string of the molecule is CC(C)(SCC(=O)NC1CC1)[C@@H](N)C(=O)O. The van der Waals surface area contributed by atoms with Crippen molar-refractivity contribution in [3.63, 3.8) is 0 Å². The van der Waals surface area contributed by atoms with Crippen LogP contribution < -0.4 is 11.1 Å². The van der Waals surface area contributed by atoms with Crippen LogP contribution in [0.4, 0.5) is 0 Å². The number of carboxylic acids is 1. The summed E-state index contributed by atoms with van der Waals surface area (Å²) in [5, 5.41) is 11.6. The number of thioether (sulfide) groups is 1. The number of carbonyl (C=O) groups excluding carboxylic acids is 1. The Hall–Kier alpha value is -0.750. The number of carbonyl (C=O) groups is 2. The summed E-state index contributed by atoms with van der Waals surface area (Å²) in [5.41, 5.74) is 5.54. The van der Waals surface area contributed by atoms with Gasteiger partial charge in [-0.3, -0.25) is 9.59 Å². The number of hydrogen-bond acceptors (Lipinski definition) is 4. The van der Waals surface area contributed by atoms with E-state index in [-0.39, 0.29) is 11.7 Å². The molecule has 1 saturated carbocycles. The molecule has 0 radical (unpaired) electrons. The zero-order chi connectivity index (χ0) is 12.3. The van der Waals surface area contributed by atoms with Gasteiger partial charge in [-0.1, -0.05) is 0 Å². The van der Waals surface area contributed by atoms with Gasteiger partial charge in [0.05, 0.1) is 5.75 Å². The molecule has 0 bridgehead atoms. The van der Waals surface area contributed by atoms with Crippen molar-refractivity contribution in [3.8, 4) is 0 Å². The number of aliphatic carboxylic acids is 1. The minimum atomic E-state index is -1.04. The van der Waals surface area contributed by atoms with E-state index in [1.165, 1.54) is 11.8 Å². The summed E-state index contributed by atoms with van der Waals surface area (Å²) in [5.74, 6) is -0.830. The van der Waals surface area contributed by atoms with Crippen LogP contribution in [-0.2, 0) is 9.59 Å². The van der Waals surface area contributed by atoms with E-state index in [1.807, 2.05) is 0 Å². The second-order valence-corrected chi connectivity index (χ2v) is 6.18. The summed E-state index contributed by atoms with van der Waals surface area (Å²) in [7, 11) is 0. The van der Waals surface area contributed by atoms with E-state index < -0.39 is 16.8 Å². The van der Waals surface area contributed by atoms with Crippen LogP contribution in [0.15, 0.2) is 0 Å². The maximum Gasteiger partial charge on any atom is 0.321 e. The van der Waals surface area contributed by atoms with Crippen LogP contribution in [-0.4, -0.2) is 39.6 Å². The minimum absolute atomic E-state index is 0.0434. The van der Waals surface area contributed by atoms with Gasteiger partial charge in [0.2, 0.25) is 5.91 Å². The fraction of sp³-hybridized carbons (Fsp3) is 0.800. The Morgan fingerprint density at radius 1 is 1.56 bits per heavy atom. The van der Waals surface area contributed by atoms with Crippen LogP contribution in [0.3, 0.4) is 0 Å². The molecule has 1 atom stereocenters. The summed E-state index contributed by atoms with van der Waals surface area (Å²) in [6.07, 6.45) is 2.10. The topological polar surface area (TPSA) is 92.4 Å². The van der Waals surface area contributed by atoms with Crippen LogP contribution in [0.25, 0.3) is 0 Å². The Kier molecular flexibility index (Phi) is 4.21. The molecule has 6 heteroatoms. The molecule has 0 heterocycles. The van der Waals surface area contributed by atoms with Gasteiger partial charge in [0.15, 0.2) is 0 Å². The molecule has 0 aromatic heterocycles. The maximum atomic E-state index is 11.4. The van der Waals surface area contributed by atoms with Crippen LogP contribution in [0.2, 0.25) is 0 Å². The third-order valence-corrected chi connectivity index (χ3v) is 3.94. The number of hydrogen-bond donors (Lipinski definition) is 3. The number of nitrogens with two attached hydrogens (primary N) is 1. The first kappa shape index (κ1) is 13.3. The Morgan fingerprint density at radius 3 is 2.56 bits per heavy atom. The second-order valence-electron chi connectivity index (χ2n) is 4.55. The molecule has 0 unspecified atom stereocenters. The van der Waals surface area contributed by atoms with Crippen molar-refractivity contribution in [2.24, 2.45) is 5.73 Å². The van der Waals surface area contributed by atoms with Gasteiger partial charge in [-0.15, -0.1) is 11.8 Å². The highest BCUT2D eigenvalue weighted by molar-refractivity contribution is 8.01. The van der Waals surface area contributed by atoms with E-state index in [0.717, 1.165) is 12.8 Å². The quantitative estimate of drug-likeness (QED) is 0.622. The molecule has 1 fully saturated rings. The monoisotopic (exact) mass is 246 g/mol. The number of nitrogens with one attached hydrogen (secondary N) is 1.